The Morgan fingerprint density at radius 1 is 0.549 bits per heavy atom. The van der Waals surface area contributed by atoms with Crippen LogP contribution in [0.15, 0.2) is 97.1 Å². The van der Waals surface area contributed by atoms with Gasteiger partial charge in [0, 0.05) is 32.0 Å². The molecule has 2 saturated heterocycles. The molecular formula is C61H74F8N4O9. The number of nitrogens with two attached hydrogens (primary N) is 1. The van der Waals surface area contributed by atoms with Gasteiger partial charge in [-0.25, -0.2) is 22.4 Å². The number of nitrogens with zero attached hydrogens (tertiary/aromatic N) is 2. The van der Waals surface area contributed by atoms with Crippen LogP contribution >= 0.6 is 0 Å². The van der Waals surface area contributed by atoms with E-state index in [2.05, 4.69) is 10.2 Å². The second-order valence-electron chi connectivity index (χ2n) is 20.1. The SMILES string of the molecule is C.C.C.N[C@H](CN1CCCC1)[C@H](O)c1cc(F)c2c(c1)OCCO2.O=C(N[C@H](CN1CCCC1)[C@H](O)c1cc(F)c2c(c1)OCCO2)C(F)(F)CCc1ccc2cc(F)ccc2c1.O=C(O)C(F)(F)CCc1ccc2cc(F)ccc2c1. The van der Waals surface area contributed by atoms with Crippen LogP contribution in [0.2, 0.25) is 0 Å². The first kappa shape index (κ1) is 66.0. The molecule has 0 radical (unpaired) electrons. The second kappa shape index (κ2) is 29.5. The van der Waals surface area contributed by atoms with E-state index in [1.165, 1.54) is 49.2 Å². The summed E-state index contributed by atoms with van der Waals surface area (Å²) >= 11 is 0. The normalized spacial score (nSPS) is 16.4. The highest BCUT2D eigenvalue weighted by Gasteiger charge is 2.41. The van der Waals surface area contributed by atoms with Crippen molar-refractivity contribution >= 4 is 33.4 Å². The van der Waals surface area contributed by atoms with Crippen LogP contribution in [0.3, 0.4) is 0 Å². The fourth-order valence-corrected chi connectivity index (χ4v) is 9.85. The molecule has 13 nitrogen and oxygen atoms in total. The number of aliphatic carboxylic acids is 1. The monoisotopic (exact) mass is 1160 g/mol. The van der Waals surface area contributed by atoms with Crippen molar-refractivity contribution in [1.29, 1.82) is 0 Å². The van der Waals surface area contributed by atoms with Crippen molar-refractivity contribution in [2.24, 2.45) is 5.73 Å². The molecule has 448 valence electrons. The number of aryl methyl sites for hydroxylation is 2. The maximum absolute atomic E-state index is 15.0. The predicted octanol–water partition coefficient (Wildman–Crippen LogP) is 11.4. The number of carboxylic acid groups (broad SMARTS) is 1. The van der Waals surface area contributed by atoms with Crippen molar-refractivity contribution in [3.8, 4) is 23.0 Å². The lowest BCUT2D eigenvalue weighted by atomic mass is 9.99. The molecule has 4 aliphatic rings. The molecule has 4 atom stereocenters. The van der Waals surface area contributed by atoms with Crippen molar-refractivity contribution in [3.63, 3.8) is 0 Å². The number of ether oxygens (including phenoxy) is 4. The molecule has 0 aliphatic carbocycles. The summed E-state index contributed by atoms with van der Waals surface area (Å²) in [6.07, 6.45) is 0.155. The Kier molecular flexibility index (Phi) is 23.7. The van der Waals surface area contributed by atoms with E-state index in [4.69, 9.17) is 29.8 Å². The molecule has 10 rings (SSSR count). The van der Waals surface area contributed by atoms with Gasteiger partial charge in [-0.05, 0) is 157 Å². The summed E-state index contributed by atoms with van der Waals surface area (Å²) in [6, 6.07) is 22.1. The van der Waals surface area contributed by atoms with Gasteiger partial charge in [-0.3, -0.25) is 4.79 Å². The van der Waals surface area contributed by atoms with Crippen LogP contribution < -0.4 is 30.0 Å². The number of aliphatic hydroxyl groups is 2. The van der Waals surface area contributed by atoms with Gasteiger partial charge in [-0.15, -0.1) is 0 Å². The van der Waals surface area contributed by atoms with Gasteiger partial charge in [-0.2, -0.15) is 17.6 Å². The topological polar surface area (TPSA) is 176 Å². The van der Waals surface area contributed by atoms with Gasteiger partial charge in [0.1, 0.15) is 44.2 Å². The molecule has 0 unspecified atom stereocenters. The number of carbonyl (C=O) groups is 2. The molecule has 6 aromatic rings. The van der Waals surface area contributed by atoms with E-state index < -0.39 is 72.5 Å². The zero-order valence-corrected chi connectivity index (χ0v) is 43.1. The van der Waals surface area contributed by atoms with Gasteiger partial charge < -0.3 is 55.1 Å². The minimum Gasteiger partial charge on any atom is -0.486 e. The third kappa shape index (κ3) is 17.2. The highest BCUT2D eigenvalue weighted by Crippen LogP contribution is 2.38. The van der Waals surface area contributed by atoms with Gasteiger partial charge in [-0.1, -0.05) is 70.8 Å². The third-order valence-electron chi connectivity index (χ3n) is 14.2. The lowest BCUT2D eigenvalue weighted by molar-refractivity contribution is -0.165. The molecule has 6 N–H and O–H groups in total. The van der Waals surface area contributed by atoms with E-state index in [0.717, 1.165) is 37.4 Å². The summed E-state index contributed by atoms with van der Waals surface area (Å²) < 4.78 is 132. The second-order valence-corrected chi connectivity index (χ2v) is 20.1. The summed E-state index contributed by atoms with van der Waals surface area (Å²) in [5.74, 6) is -12.6. The van der Waals surface area contributed by atoms with Gasteiger partial charge in [0.2, 0.25) is 0 Å². The molecule has 0 bridgehead atoms. The maximum Gasteiger partial charge on any atom is 0.374 e. The molecule has 2 fully saturated rings. The zero-order chi connectivity index (χ0) is 56.4. The average molecular weight is 1160 g/mol. The Balaban J connectivity index is 0.000000243. The number of amides is 1. The Labute approximate surface area is 472 Å². The van der Waals surface area contributed by atoms with Crippen molar-refractivity contribution < 1.29 is 79.0 Å². The first-order chi connectivity index (χ1) is 37.7. The van der Waals surface area contributed by atoms with Crippen LogP contribution in [0.25, 0.3) is 21.5 Å². The van der Waals surface area contributed by atoms with Crippen LogP contribution in [0.5, 0.6) is 23.0 Å². The summed E-state index contributed by atoms with van der Waals surface area (Å²) in [5.41, 5.74) is 7.78. The Bertz CT molecular complexity index is 3090. The number of hydrogen-bond donors (Lipinski definition) is 5. The Morgan fingerprint density at radius 2 is 0.951 bits per heavy atom. The van der Waals surface area contributed by atoms with Gasteiger partial charge in [0.05, 0.1) is 12.1 Å². The average Bonchev–Trinajstić information content (AvgIpc) is 4.10. The Morgan fingerprint density at radius 3 is 1.41 bits per heavy atom. The standard InChI is InChI=1S/C29H30F4N2O4.C15H21FN2O3.C14H11F3O2.3CH4/c30-22-6-5-19-13-18(3-4-20(19)14-22)7-8-29(32,33)28(37)34-24(17-35-9-1-2-10-35)26(36)21-15-23(31)27-25(16-21)38-11-12-39-27;16-11-7-10(8-13-15(11)21-6-5-20-13)14(19)12(17)9-18-3-1-2-4-18;15-12-4-3-10-7-9(1-2-11(10)8-12)5-6-14(16,17)13(18)19;;;/h3-6,13-16,24,26,36H,1-2,7-12,17H2,(H,34,37);7-8,12,14,19H,1-6,9,17H2;1-4,7-8H,5-6H2,(H,18,19);3*1H4/t24-,26-;12-,14-;;;;/m11..../s1. The number of carbonyl (C=O) groups excluding carboxylic acids is 1. The number of halogens is 8. The van der Waals surface area contributed by atoms with Crippen LogP contribution in [0.4, 0.5) is 35.1 Å². The summed E-state index contributed by atoms with van der Waals surface area (Å²) in [6.45, 7) is 5.27. The summed E-state index contributed by atoms with van der Waals surface area (Å²) in [7, 11) is 0. The molecule has 4 aliphatic heterocycles. The van der Waals surface area contributed by atoms with Crippen molar-refractivity contribution in [3.05, 3.63) is 143 Å². The molecule has 0 saturated carbocycles. The molecule has 0 aromatic heterocycles. The zero-order valence-electron chi connectivity index (χ0n) is 43.1. The van der Waals surface area contributed by atoms with Crippen LogP contribution in [0.1, 0.15) is 95.3 Å². The van der Waals surface area contributed by atoms with Crippen molar-refractivity contribution in [1.82, 2.24) is 15.1 Å². The van der Waals surface area contributed by atoms with E-state index in [-0.39, 0.29) is 89.3 Å². The number of benzene rings is 6. The fourth-order valence-electron chi connectivity index (χ4n) is 9.85. The van der Waals surface area contributed by atoms with Crippen LogP contribution in [0, 0.1) is 23.3 Å². The summed E-state index contributed by atoms with van der Waals surface area (Å²) in [4.78, 5) is 27.3. The van der Waals surface area contributed by atoms with Gasteiger partial charge >= 0.3 is 17.8 Å². The number of nitrogens with one attached hydrogen (secondary N) is 1. The van der Waals surface area contributed by atoms with E-state index in [1.54, 1.807) is 54.6 Å². The maximum atomic E-state index is 15.0. The largest absolute Gasteiger partial charge is 0.486 e. The predicted molar refractivity (Wildman–Crippen MR) is 298 cm³/mol. The van der Waals surface area contributed by atoms with E-state index in [1.807, 2.05) is 4.90 Å². The van der Waals surface area contributed by atoms with Crippen molar-refractivity contribution in [2.75, 3.05) is 65.7 Å². The molecule has 1 amide bonds. The lowest BCUT2D eigenvalue weighted by Gasteiger charge is -2.30. The number of hydrogen-bond acceptors (Lipinski definition) is 11. The van der Waals surface area contributed by atoms with Gasteiger partial charge in [0.15, 0.2) is 34.6 Å². The molecule has 21 heteroatoms. The number of alkyl halides is 4. The molecular weight excluding hydrogens is 1080 g/mol. The van der Waals surface area contributed by atoms with E-state index in [9.17, 15) is 46.1 Å². The highest BCUT2D eigenvalue weighted by atomic mass is 19.3. The van der Waals surface area contributed by atoms with E-state index in [0.29, 0.717) is 71.4 Å². The molecule has 4 heterocycles. The minimum absolute atomic E-state index is 0. The number of carboxylic acids is 1. The van der Waals surface area contributed by atoms with Crippen LogP contribution in [-0.4, -0.2) is 127 Å². The molecule has 82 heavy (non-hydrogen) atoms. The van der Waals surface area contributed by atoms with Gasteiger partial charge in [0.25, 0.3) is 5.91 Å². The number of rotatable bonds is 17. The Hall–Kier alpha value is -6.78. The van der Waals surface area contributed by atoms with Crippen molar-refractivity contribution in [2.45, 2.75) is 110 Å². The fraction of sp³-hybridized carbons (Fsp3) is 0.443. The molecule has 6 aromatic carbocycles. The first-order valence-corrected chi connectivity index (χ1v) is 26.1. The molecule has 0 spiro atoms. The quantitative estimate of drug-likeness (QED) is 0.0547. The number of likely N-dealkylation sites (tertiary alicyclic amines) is 2. The summed E-state index contributed by atoms with van der Waals surface area (Å²) in [5, 5.41) is 34.9. The minimum atomic E-state index is -3.72. The van der Waals surface area contributed by atoms with E-state index >= 15 is 8.78 Å². The first-order valence-electron chi connectivity index (χ1n) is 26.1. The lowest BCUT2D eigenvalue weighted by Crippen LogP contribution is -2.51. The number of aliphatic hydroxyl groups excluding tert-OH is 2. The highest BCUT2D eigenvalue weighted by molar-refractivity contribution is 5.85. The van der Waals surface area contributed by atoms with Crippen LogP contribution in [-0.2, 0) is 22.4 Å². The number of fused-ring (bicyclic) bond motifs is 4. The smallest absolute Gasteiger partial charge is 0.374 e. The third-order valence-corrected chi connectivity index (χ3v) is 14.2.